The zero-order valence-electron chi connectivity index (χ0n) is 14.3. The summed E-state index contributed by atoms with van der Waals surface area (Å²) in [5.74, 6) is -1.45. The van der Waals surface area contributed by atoms with Crippen molar-refractivity contribution in [2.75, 3.05) is 19.7 Å². The second-order valence-corrected chi connectivity index (χ2v) is 7.55. The predicted molar refractivity (Wildman–Crippen MR) is 89.2 cm³/mol. The second-order valence-electron chi connectivity index (χ2n) is 7.55. The van der Waals surface area contributed by atoms with Gasteiger partial charge >= 0.3 is 5.97 Å². The molecule has 1 saturated heterocycles. The summed E-state index contributed by atoms with van der Waals surface area (Å²) >= 11 is 0. The summed E-state index contributed by atoms with van der Waals surface area (Å²) in [7, 11) is 0. The van der Waals surface area contributed by atoms with Crippen molar-refractivity contribution in [1.29, 1.82) is 0 Å². The third-order valence-corrected chi connectivity index (χ3v) is 5.42. The highest BCUT2D eigenvalue weighted by atomic mass is 16.5. The maximum atomic E-state index is 12.6. The third-order valence-electron chi connectivity index (χ3n) is 5.42. The zero-order chi connectivity index (χ0) is 17.3. The summed E-state index contributed by atoms with van der Waals surface area (Å²) in [6.07, 6.45) is 0.922. The molecule has 1 aliphatic carbocycles. The Morgan fingerprint density at radius 1 is 1.25 bits per heavy atom. The molecule has 1 aliphatic heterocycles. The van der Waals surface area contributed by atoms with Crippen LogP contribution in [0.4, 0.5) is 0 Å². The van der Waals surface area contributed by atoms with Crippen LogP contribution in [0.1, 0.15) is 25.8 Å². The lowest BCUT2D eigenvalue weighted by molar-refractivity contribution is -0.141. The Morgan fingerprint density at radius 2 is 1.96 bits per heavy atom. The fraction of sp³-hybridized carbons (Fsp3) is 0.579. The fourth-order valence-electron chi connectivity index (χ4n) is 3.84. The molecule has 1 heterocycles. The van der Waals surface area contributed by atoms with E-state index in [1.54, 1.807) is 0 Å². The zero-order valence-corrected chi connectivity index (χ0v) is 14.3. The van der Waals surface area contributed by atoms with Gasteiger partial charge in [-0.05, 0) is 17.4 Å². The van der Waals surface area contributed by atoms with E-state index in [9.17, 15) is 14.7 Å². The quantitative estimate of drug-likeness (QED) is 0.869. The Labute approximate surface area is 142 Å². The van der Waals surface area contributed by atoms with Crippen molar-refractivity contribution in [2.24, 2.45) is 23.2 Å². The van der Waals surface area contributed by atoms with E-state index < -0.39 is 17.3 Å². The number of amides is 1. The van der Waals surface area contributed by atoms with E-state index in [1.165, 1.54) is 0 Å². The van der Waals surface area contributed by atoms with Crippen LogP contribution >= 0.6 is 0 Å². The van der Waals surface area contributed by atoms with Gasteiger partial charge in [0.15, 0.2) is 0 Å². The summed E-state index contributed by atoms with van der Waals surface area (Å²) in [5.41, 5.74) is 0.720. The van der Waals surface area contributed by atoms with Crippen LogP contribution in [0.3, 0.4) is 0 Å². The van der Waals surface area contributed by atoms with E-state index in [4.69, 9.17) is 4.74 Å². The molecule has 3 rings (SSSR count). The van der Waals surface area contributed by atoms with Crippen LogP contribution in [0.25, 0.3) is 0 Å². The van der Waals surface area contributed by atoms with Gasteiger partial charge in [-0.2, -0.15) is 0 Å². The highest BCUT2D eigenvalue weighted by Gasteiger charge is 2.66. The number of ether oxygens (including phenoxy) is 1. The van der Waals surface area contributed by atoms with E-state index in [-0.39, 0.29) is 11.8 Å². The van der Waals surface area contributed by atoms with Crippen LogP contribution in [-0.2, 0) is 20.9 Å². The fourth-order valence-corrected chi connectivity index (χ4v) is 3.84. The number of rotatable bonds is 6. The van der Waals surface area contributed by atoms with Gasteiger partial charge in [0.05, 0.1) is 25.0 Å². The highest BCUT2D eigenvalue weighted by Crippen LogP contribution is 2.59. The highest BCUT2D eigenvalue weighted by molar-refractivity contribution is 5.91. The maximum Gasteiger partial charge on any atom is 0.307 e. The average Bonchev–Trinajstić information content (AvgIpc) is 2.90. The van der Waals surface area contributed by atoms with Gasteiger partial charge in [-0.25, -0.2) is 0 Å². The molecule has 1 aromatic carbocycles. The molecule has 2 fully saturated rings. The Hall–Kier alpha value is -1.88. The number of likely N-dealkylation sites (tertiary alicyclic amines) is 1. The molecule has 2 aliphatic rings. The number of carboxylic acids is 1. The lowest BCUT2D eigenvalue weighted by Gasteiger charge is -2.17. The molecule has 5 nitrogen and oxygen atoms in total. The first kappa shape index (κ1) is 17.0. The van der Waals surface area contributed by atoms with Crippen LogP contribution in [-0.4, -0.2) is 41.6 Å². The number of nitrogens with zero attached hydrogens (tertiary/aromatic N) is 1. The molecular weight excluding hydrogens is 306 g/mol. The van der Waals surface area contributed by atoms with Crippen molar-refractivity contribution in [3.8, 4) is 0 Å². The standard InChI is InChI=1S/C19H25NO4/c1-19(2)15(16(19)18(22)23)17(21)20-9-8-14(10-20)12-24-11-13-6-4-3-5-7-13/h3-7,14-16H,8-12H2,1-2H3,(H,22,23)/t14?,15-,16+/m1/s1. The Bertz CT molecular complexity index is 613. The second kappa shape index (κ2) is 6.55. The van der Waals surface area contributed by atoms with Gasteiger partial charge in [-0.1, -0.05) is 44.2 Å². The van der Waals surface area contributed by atoms with Crippen molar-refractivity contribution >= 4 is 11.9 Å². The van der Waals surface area contributed by atoms with Crippen LogP contribution in [0.15, 0.2) is 30.3 Å². The van der Waals surface area contributed by atoms with Gasteiger partial charge in [0, 0.05) is 19.0 Å². The first-order valence-electron chi connectivity index (χ1n) is 8.54. The molecule has 3 atom stereocenters. The van der Waals surface area contributed by atoms with Crippen LogP contribution in [0.5, 0.6) is 0 Å². The van der Waals surface area contributed by atoms with Gasteiger partial charge in [0.1, 0.15) is 0 Å². The van der Waals surface area contributed by atoms with Crippen LogP contribution < -0.4 is 0 Å². The Kier molecular flexibility index (Phi) is 4.63. The molecule has 1 aromatic rings. The molecule has 5 heteroatoms. The van der Waals surface area contributed by atoms with E-state index in [2.05, 4.69) is 0 Å². The van der Waals surface area contributed by atoms with Crippen LogP contribution in [0.2, 0.25) is 0 Å². The summed E-state index contributed by atoms with van der Waals surface area (Å²) < 4.78 is 5.78. The van der Waals surface area contributed by atoms with Crippen molar-refractivity contribution < 1.29 is 19.4 Å². The summed E-state index contributed by atoms with van der Waals surface area (Å²) in [4.78, 5) is 25.7. The first-order valence-corrected chi connectivity index (χ1v) is 8.54. The number of carboxylic acid groups (broad SMARTS) is 1. The minimum absolute atomic E-state index is 0.00189. The van der Waals surface area contributed by atoms with Gasteiger partial charge in [0.25, 0.3) is 0 Å². The topological polar surface area (TPSA) is 66.8 Å². The van der Waals surface area contributed by atoms with Gasteiger partial charge in [-0.3, -0.25) is 9.59 Å². The SMILES string of the molecule is CC1(C)[C@H](C(=O)O)[C@@H]1C(=O)N1CCC(COCc2ccccc2)C1. The van der Waals surface area contributed by atoms with Crippen molar-refractivity contribution in [2.45, 2.75) is 26.9 Å². The van der Waals surface area contributed by atoms with Gasteiger partial charge in [0.2, 0.25) is 5.91 Å². The van der Waals surface area contributed by atoms with Gasteiger partial charge < -0.3 is 14.7 Å². The van der Waals surface area contributed by atoms with Crippen LogP contribution in [0, 0.1) is 23.2 Å². The monoisotopic (exact) mass is 331 g/mol. The molecule has 0 aromatic heterocycles. The number of hydrogen-bond acceptors (Lipinski definition) is 3. The lowest BCUT2D eigenvalue weighted by atomic mass is 10.1. The van der Waals surface area contributed by atoms with Crippen molar-refractivity contribution in [3.63, 3.8) is 0 Å². The predicted octanol–water partition coefficient (Wildman–Crippen LogP) is 2.41. The van der Waals surface area contributed by atoms with E-state index in [1.807, 2.05) is 49.1 Å². The largest absolute Gasteiger partial charge is 0.481 e. The molecule has 1 saturated carbocycles. The number of aliphatic carboxylic acids is 1. The van der Waals surface area contributed by atoms with Crippen molar-refractivity contribution in [1.82, 2.24) is 4.90 Å². The molecular formula is C19H25NO4. The molecule has 1 unspecified atom stereocenters. The first-order chi connectivity index (χ1) is 11.4. The van der Waals surface area contributed by atoms with Gasteiger partial charge in [-0.15, -0.1) is 0 Å². The Morgan fingerprint density at radius 3 is 2.58 bits per heavy atom. The molecule has 1 amide bonds. The minimum Gasteiger partial charge on any atom is -0.481 e. The Balaban J connectivity index is 1.46. The number of carbonyl (C=O) groups is 2. The molecule has 1 N–H and O–H groups in total. The molecule has 0 spiro atoms. The average molecular weight is 331 g/mol. The van der Waals surface area contributed by atoms with E-state index in [0.717, 1.165) is 12.0 Å². The number of carbonyl (C=O) groups excluding carboxylic acids is 1. The summed E-state index contributed by atoms with van der Waals surface area (Å²) in [6, 6.07) is 10.0. The summed E-state index contributed by atoms with van der Waals surface area (Å²) in [5, 5.41) is 9.24. The molecule has 0 radical (unpaired) electrons. The number of benzene rings is 1. The smallest absolute Gasteiger partial charge is 0.307 e. The normalized spacial score (nSPS) is 27.9. The minimum atomic E-state index is -0.861. The molecule has 24 heavy (non-hydrogen) atoms. The van der Waals surface area contributed by atoms with Crippen molar-refractivity contribution in [3.05, 3.63) is 35.9 Å². The molecule has 0 bridgehead atoms. The maximum absolute atomic E-state index is 12.6. The van der Waals surface area contributed by atoms with E-state index >= 15 is 0 Å². The summed E-state index contributed by atoms with van der Waals surface area (Å²) in [6.45, 7) is 6.33. The molecule has 130 valence electrons. The lowest BCUT2D eigenvalue weighted by Crippen LogP contribution is -2.32. The number of hydrogen-bond donors (Lipinski definition) is 1. The third kappa shape index (κ3) is 3.31. The van der Waals surface area contributed by atoms with E-state index in [0.29, 0.717) is 32.2 Å².